The Morgan fingerprint density at radius 2 is 2.26 bits per heavy atom. The van der Waals surface area contributed by atoms with Gasteiger partial charge in [0.25, 0.3) is 0 Å². The van der Waals surface area contributed by atoms with Crippen molar-refractivity contribution in [1.82, 2.24) is 4.90 Å². The first-order valence-electron chi connectivity index (χ1n) is 6.93. The van der Waals surface area contributed by atoms with Gasteiger partial charge in [0, 0.05) is 13.1 Å². The molecule has 0 spiro atoms. The van der Waals surface area contributed by atoms with E-state index in [9.17, 15) is 9.18 Å². The minimum absolute atomic E-state index is 0.0108. The smallest absolute Gasteiger partial charge is 0.239 e. The van der Waals surface area contributed by atoms with Crippen molar-refractivity contribution in [2.45, 2.75) is 45.2 Å². The Bertz CT molecular complexity index is 461. The van der Waals surface area contributed by atoms with E-state index in [0.717, 1.165) is 36.8 Å². The van der Waals surface area contributed by atoms with Gasteiger partial charge in [-0.2, -0.15) is 0 Å². The Labute approximate surface area is 113 Å². The quantitative estimate of drug-likeness (QED) is 0.906. The monoisotopic (exact) mass is 264 g/mol. The summed E-state index contributed by atoms with van der Waals surface area (Å²) in [6.07, 6.45) is 3.50. The number of unbranched alkanes of at least 4 members (excludes halogenated alkanes) is 1. The van der Waals surface area contributed by atoms with Crippen LogP contribution in [0.1, 0.15) is 37.3 Å². The molecular formula is C15H21FN2O. The van der Waals surface area contributed by atoms with Crippen LogP contribution in [0, 0.1) is 5.82 Å². The van der Waals surface area contributed by atoms with Crippen molar-refractivity contribution in [2.24, 2.45) is 5.73 Å². The second kappa shape index (κ2) is 6.15. The summed E-state index contributed by atoms with van der Waals surface area (Å²) in [6.45, 7) is 3.24. The predicted octanol–water partition coefficient (Wildman–Crippen LogP) is 2.23. The summed E-state index contributed by atoms with van der Waals surface area (Å²) in [7, 11) is 0. The van der Waals surface area contributed by atoms with Gasteiger partial charge in [-0.25, -0.2) is 4.39 Å². The molecule has 0 saturated heterocycles. The Hall–Kier alpha value is -1.42. The number of amides is 1. The first-order valence-corrected chi connectivity index (χ1v) is 6.93. The van der Waals surface area contributed by atoms with Gasteiger partial charge >= 0.3 is 0 Å². The molecule has 0 saturated carbocycles. The zero-order valence-corrected chi connectivity index (χ0v) is 11.4. The molecule has 0 bridgehead atoms. The first-order chi connectivity index (χ1) is 9.11. The second-order valence-corrected chi connectivity index (χ2v) is 5.17. The third-order valence-electron chi connectivity index (χ3n) is 3.68. The summed E-state index contributed by atoms with van der Waals surface area (Å²) in [6, 6.07) is 4.38. The van der Waals surface area contributed by atoms with Crippen molar-refractivity contribution in [2.75, 3.05) is 6.54 Å². The summed E-state index contributed by atoms with van der Waals surface area (Å²) in [5, 5.41) is 0. The van der Waals surface area contributed by atoms with Gasteiger partial charge in [0.2, 0.25) is 5.91 Å². The molecule has 3 nitrogen and oxygen atoms in total. The molecule has 1 aliphatic heterocycles. The molecule has 0 unspecified atom stereocenters. The van der Waals surface area contributed by atoms with E-state index in [4.69, 9.17) is 5.73 Å². The Balaban J connectivity index is 2.02. The average Bonchev–Trinajstić information content (AvgIpc) is 2.43. The predicted molar refractivity (Wildman–Crippen MR) is 73.0 cm³/mol. The third-order valence-corrected chi connectivity index (χ3v) is 3.68. The fourth-order valence-corrected chi connectivity index (χ4v) is 2.50. The maximum absolute atomic E-state index is 13.2. The molecule has 1 aliphatic rings. The summed E-state index contributed by atoms with van der Waals surface area (Å²) >= 11 is 0. The normalized spacial score (nSPS) is 16.1. The Morgan fingerprint density at radius 1 is 1.47 bits per heavy atom. The molecule has 0 radical (unpaired) electrons. The highest BCUT2D eigenvalue weighted by Gasteiger charge is 2.24. The maximum atomic E-state index is 13.2. The SMILES string of the molecule is CCCC[C@@H](N)C(=O)N1CCc2ccc(F)cc2C1. The number of hydrogen-bond donors (Lipinski definition) is 1. The van der Waals surface area contributed by atoms with Crippen LogP contribution < -0.4 is 5.73 Å². The van der Waals surface area contributed by atoms with Crippen molar-refractivity contribution < 1.29 is 9.18 Å². The van der Waals surface area contributed by atoms with Crippen LogP contribution in [0.15, 0.2) is 18.2 Å². The summed E-state index contributed by atoms with van der Waals surface area (Å²) in [5.74, 6) is -0.258. The van der Waals surface area contributed by atoms with Crippen LogP contribution in [0.3, 0.4) is 0 Å². The van der Waals surface area contributed by atoms with Gasteiger partial charge in [-0.15, -0.1) is 0 Å². The van der Waals surface area contributed by atoms with E-state index in [0.29, 0.717) is 13.1 Å². The largest absolute Gasteiger partial charge is 0.337 e. The van der Waals surface area contributed by atoms with Crippen LogP contribution in [0.4, 0.5) is 4.39 Å². The number of hydrogen-bond acceptors (Lipinski definition) is 2. The number of nitrogens with zero attached hydrogens (tertiary/aromatic N) is 1. The molecule has 2 rings (SSSR count). The molecule has 4 heteroatoms. The first kappa shape index (κ1) is 14.0. The summed E-state index contributed by atoms with van der Waals surface area (Å²) in [5.41, 5.74) is 7.96. The molecule has 19 heavy (non-hydrogen) atoms. The Kier molecular flexibility index (Phi) is 4.53. The number of carbonyl (C=O) groups is 1. The van der Waals surface area contributed by atoms with Crippen molar-refractivity contribution in [3.63, 3.8) is 0 Å². The molecule has 0 fully saturated rings. The van der Waals surface area contributed by atoms with Gasteiger partial charge in [-0.05, 0) is 36.1 Å². The van der Waals surface area contributed by atoms with Crippen LogP contribution >= 0.6 is 0 Å². The minimum atomic E-state index is -0.421. The molecule has 2 N–H and O–H groups in total. The number of nitrogens with two attached hydrogens (primary N) is 1. The average molecular weight is 264 g/mol. The van der Waals surface area contributed by atoms with Gasteiger partial charge in [0.15, 0.2) is 0 Å². The number of benzene rings is 1. The zero-order chi connectivity index (χ0) is 13.8. The van der Waals surface area contributed by atoms with Crippen LogP contribution in [0.25, 0.3) is 0 Å². The molecule has 0 aromatic heterocycles. The van der Waals surface area contributed by atoms with Gasteiger partial charge in [0.05, 0.1) is 6.04 Å². The van der Waals surface area contributed by atoms with E-state index in [1.807, 2.05) is 6.07 Å². The van der Waals surface area contributed by atoms with Crippen LogP contribution in [-0.4, -0.2) is 23.4 Å². The van der Waals surface area contributed by atoms with Crippen molar-refractivity contribution in [1.29, 1.82) is 0 Å². The lowest BCUT2D eigenvalue weighted by molar-refractivity contribution is -0.133. The number of rotatable bonds is 4. The van der Waals surface area contributed by atoms with Crippen molar-refractivity contribution in [3.8, 4) is 0 Å². The fourth-order valence-electron chi connectivity index (χ4n) is 2.50. The van der Waals surface area contributed by atoms with Gasteiger partial charge in [0.1, 0.15) is 5.82 Å². The number of fused-ring (bicyclic) bond motifs is 1. The maximum Gasteiger partial charge on any atom is 0.239 e. The fraction of sp³-hybridized carbons (Fsp3) is 0.533. The zero-order valence-electron chi connectivity index (χ0n) is 11.4. The Morgan fingerprint density at radius 3 is 3.00 bits per heavy atom. The highest BCUT2D eigenvalue weighted by Crippen LogP contribution is 2.20. The lowest BCUT2D eigenvalue weighted by Gasteiger charge is -2.30. The van der Waals surface area contributed by atoms with E-state index >= 15 is 0 Å². The molecular weight excluding hydrogens is 243 g/mol. The van der Waals surface area contributed by atoms with Crippen LogP contribution in [0.5, 0.6) is 0 Å². The molecule has 1 aromatic rings. The highest BCUT2D eigenvalue weighted by molar-refractivity contribution is 5.81. The summed E-state index contributed by atoms with van der Waals surface area (Å²) in [4.78, 5) is 14.0. The van der Waals surface area contributed by atoms with Gasteiger partial charge in [-0.1, -0.05) is 25.8 Å². The second-order valence-electron chi connectivity index (χ2n) is 5.17. The third kappa shape index (κ3) is 3.32. The van der Waals surface area contributed by atoms with Crippen LogP contribution in [0.2, 0.25) is 0 Å². The molecule has 1 atom stereocenters. The van der Waals surface area contributed by atoms with Crippen molar-refractivity contribution in [3.05, 3.63) is 35.1 Å². The molecule has 104 valence electrons. The van der Waals surface area contributed by atoms with E-state index < -0.39 is 6.04 Å². The van der Waals surface area contributed by atoms with Crippen LogP contribution in [-0.2, 0) is 17.8 Å². The molecule has 1 amide bonds. The van der Waals surface area contributed by atoms with E-state index in [1.165, 1.54) is 12.1 Å². The topological polar surface area (TPSA) is 46.3 Å². The number of carbonyl (C=O) groups excluding carboxylic acids is 1. The lowest BCUT2D eigenvalue weighted by atomic mass is 9.98. The van der Waals surface area contributed by atoms with Gasteiger partial charge < -0.3 is 10.6 Å². The highest BCUT2D eigenvalue weighted by atomic mass is 19.1. The molecule has 0 aliphatic carbocycles. The summed E-state index contributed by atoms with van der Waals surface area (Å²) < 4.78 is 13.2. The molecule has 1 aromatic carbocycles. The standard InChI is InChI=1S/C15H21FN2O/c1-2-3-4-14(17)15(19)18-8-7-11-5-6-13(16)9-12(11)10-18/h5-6,9,14H,2-4,7-8,10,17H2,1H3/t14-/m1/s1. The van der Waals surface area contributed by atoms with E-state index in [2.05, 4.69) is 6.92 Å². The van der Waals surface area contributed by atoms with E-state index in [-0.39, 0.29) is 11.7 Å². The lowest BCUT2D eigenvalue weighted by Crippen LogP contribution is -2.45. The molecule has 1 heterocycles. The van der Waals surface area contributed by atoms with Crippen molar-refractivity contribution >= 4 is 5.91 Å². The minimum Gasteiger partial charge on any atom is -0.337 e. The van der Waals surface area contributed by atoms with Gasteiger partial charge in [-0.3, -0.25) is 4.79 Å². The van der Waals surface area contributed by atoms with E-state index in [1.54, 1.807) is 4.90 Å². The number of halogens is 1.